The highest BCUT2D eigenvalue weighted by Crippen LogP contribution is 2.22. The molecule has 1 heterocycles. The molecule has 1 aromatic rings. The van der Waals surface area contributed by atoms with E-state index in [9.17, 15) is 4.79 Å². The molecule has 118 valence electrons. The molecule has 0 saturated carbocycles. The molecule has 1 aliphatic rings. The molecular weight excluding hydrogens is 290 g/mol. The zero-order chi connectivity index (χ0) is 14.4. The van der Waals surface area contributed by atoms with Gasteiger partial charge in [0.25, 0.3) is 0 Å². The van der Waals surface area contributed by atoms with Gasteiger partial charge in [0.1, 0.15) is 5.75 Å². The van der Waals surface area contributed by atoms with Crippen molar-refractivity contribution in [3.63, 3.8) is 0 Å². The third kappa shape index (κ3) is 4.90. The molecule has 1 aliphatic heterocycles. The topological polar surface area (TPSA) is 47.6 Å². The van der Waals surface area contributed by atoms with Gasteiger partial charge in [0, 0.05) is 6.04 Å². The van der Waals surface area contributed by atoms with E-state index >= 15 is 0 Å². The Morgan fingerprint density at radius 2 is 2.05 bits per heavy atom. The van der Waals surface area contributed by atoms with Crippen LogP contribution >= 0.6 is 12.4 Å². The zero-order valence-corrected chi connectivity index (χ0v) is 13.4. The van der Waals surface area contributed by atoms with Crippen molar-refractivity contribution in [3.05, 3.63) is 29.8 Å². The molecule has 0 bridgehead atoms. The maximum absolute atomic E-state index is 12.0. The molecule has 0 aliphatic carbocycles. The van der Waals surface area contributed by atoms with Gasteiger partial charge in [-0.05, 0) is 50.4 Å². The van der Waals surface area contributed by atoms with Crippen molar-refractivity contribution in [2.24, 2.45) is 5.92 Å². The van der Waals surface area contributed by atoms with Crippen LogP contribution in [0.25, 0.3) is 0 Å². The highest BCUT2D eigenvalue weighted by Gasteiger charge is 2.31. The summed E-state index contributed by atoms with van der Waals surface area (Å²) in [6, 6.07) is 8.18. The number of ether oxygens (including phenoxy) is 2. The van der Waals surface area contributed by atoms with Crippen molar-refractivity contribution in [2.45, 2.75) is 32.2 Å². The average molecular weight is 314 g/mol. The summed E-state index contributed by atoms with van der Waals surface area (Å²) in [7, 11) is 1.66. The molecule has 2 rings (SSSR count). The monoisotopic (exact) mass is 313 g/mol. The fourth-order valence-corrected chi connectivity index (χ4v) is 2.71. The quantitative estimate of drug-likeness (QED) is 0.849. The van der Waals surface area contributed by atoms with Crippen molar-refractivity contribution < 1.29 is 14.3 Å². The molecule has 1 fully saturated rings. The molecule has 1 N–H and O–H groups in total. The van der Waals surface area contributed by atoms with Crippen LogP contribution in [0, 0.1) is 5.92 Å². The molecule has 2 unspecified atom stereocenters. The molecule has 5 heteroatoms. The first kappa shape index (κ1) is 17.8. The van der Waals surface area contributed by atoms with Crippen molar-refractivity contribution in [2.75, 3.05) is 20.3 Å². The summed E-state index contributed by atoms with van der Waals surface area (Å²) < 4.78 is 10.3. The normalized spacial score (nSPS) is 21.2. The second-order valence-corrected chi connectivity index (χ2v) is 5.11. The van der Waals surface area contributed by atoms with Crippen LogP contribution in [0.15, 0.2) is 24.3 Å². The van der Waals surface area contributed by atoms with Gasteiger partial charge in [-0.2, -0.15) is 0 Å². The van der Waals surface area contributed by atoms with Gasteiger partial charge in [-0.3, -0.25) is 4.79 Å². The highest BCUT2D eigenvalue weighted by atomic mass is 35.5. The van der Waals surface area contributed by atoms with Crippen LogP contribution in [0.2, 0.25) is 0 Å². The highest BCUT2D eigenvalue weighted by molar-refractivity contribution is 5.85. The third-order valence-corrected chi connectivity index (χ3v) is 3.79. The van der Waals surface area contributed by atoms with Gasteiger partial charge in [0.2, 0.25) is 0 Å². The Hall–Kier alpha value is -1.26. The molecule has 4 nitrogen and oxygen atoms in total. The summed E-state index contributed by atoms with van der Waals surface area (Å²) in [5.41, 5.74) is 1.21. The summed E-state index contributed by atoms with van der Waals surface area (Å²) in [6.45, 7) is 3.27. The van der Waals surface area contributed by atoms with E-state index in [1.54, 1.807) is 7.11 Å². The number of nitrogens with one attached hydrogen (secondary N) is 1. The van der Waals surface area contributed by atoms with E-state index in [0.717, 1.165) is 31.6 Å². The number of carbonyl (C=O) groups excluding carboxylic acids is 1. The molecule has 2 atom stereocenters. The van der Waals surface area contributed by atoms with Crippen LogP contribution in [-0.4, -0.2) is 32.3 Å². The van der Waals surface area contributed by atoms with E-state index in [4.69, 9.17) is 9.47 Å². The lowest BCUT2D eigenvalue weighted by Gasteiger charge is -2.31. The Labute approximate surface area is 132 Å². The number of halogens is 1. The number of piperidine rings is 1. The van der Waals surface area contributed by atoms with Crippen LogP contribution < -0.4 is 10.1 Å². The SMILES string of the molecule is CCOC(=O)C1CCCNC1Cc1ccc(OC)cc1.Cl. The third-order valence-electron chi connectivity index (χ3n) is 3.79. The van der Waals surface area contributed by atoms with Crippen molar-refractivity contribution in [1.82, 2.24) is 5.32 Å². The smallest absolute Gasteiger partial charge is 0.310 e. The predicted molar refractivity (Wildman–Crippen MR) is 85.1 cm³/mol. The fourth-order valence-electron chi connectivity index (χ4n) is 2.71. The molecule has 0 radical (unpaired) electrons. The maximum Gasteiger partial charge on any atom is 0.310 e. The van der Waals surface area contributed by atoms with E-state index in [1.165, 1.54) is 5.56 Å². The molecule has 0 aromatic heterocycles. The molecule has 1 aromatic carbocycles. The van der Waals surface area contributed by atoms with E-state index in [1.807, 2.05) is 19.1 Å². The Balaban J connectivity index is 0.00000220. The number of hydrogen-bond donors (Lipinski definition) is 1. The lowest BCUT2D eigenvalue weighted by Crippen LogP contribution is -2.46. The van der Waals surface area contributed by atoms with Gasteiger partial charge in [-0.15, -0.1) is 12.4 Å². The van der Waals surface area contributed by atoms with Gasteiger partial charge in [-0.25, -0.2) is 0 Å². The molecular formula is C16H24ClNO3. The van der Waals surface area contributed by atoms with E-state index in [0.29, 0.717) is 6.61 Å². The zero-order valence-electron chi connectivity index (χ0n) is 12.6. The largest absolute Gasteiger partial charge is 0.497 e. The van der Waals surface area contributed by atoms with Crippen LogP contribution in [0.4, 0.5) is 0 Å². The lowest BCUT2D eigenvalue weighted by molar-refractivity contribution is -0.150. The number of esters is 1. The van der Waals surface area contributed by atoms with Crippen molar-refractivity contribution in [1.29, 1.82) is 0 Å². The lowest BCUT2D eigenvalue weighted by atomic mass is 9.87. The Morgan fingerprint density at radius 1 is 1.33 bits per heavy atom. The summed E-state index contributed by atoms with van der Waals surface area (Å²) in [6.07, 6.45) is 2.78. The second kappa shape index (κ2) is 8.90. The maximum atomic E-state index is 12.0. The van der Waals surface area contributed by atoms with Crippen molar-refractivity contribution >= 4 is 18.4 Å². The van der Waals surface area contributed by atoms with Gasteiger partial charge in [0.05, 0.1) is 19.6 Å². The number of benzene rings is 1. The summed E-state index contributed by atoms with van der Waals surface area (Å²) in [4.78, 5) is 12.0. The molecule has 1 saturated heterocycles. The standard InChI is InChI=1S/C16H23NO3.ClH/c1-3-20-16(18)14-5-4-10-17-15(14)11-12-6-8-13(19-2)9-7-12;/h6-9,14-15,17H,3-5,10-11H2,1-2H3;1H. The number of carbonyl (C=O) groups is 1. The van der Waals surface area contributed by atoms with Crippen LogP contribution in [0.5, 0.6) is 5.75 Å². The minimum Gasteiger partial charge on any atom is -0.497 e. The summed E-state index contributed by atoms with van der Waals surface area (Å²) in [5.74, 6) is 0.747. The van der Waals surface area contributed by atoms with Crippen LogP contribution in [0.3, 0.4) is 0 Å². The molecule has 0 amide bonds. The Kier molecular flexibility index (Phi) is 7.54. The van der Waals surface area contributed by atoms with Crippen LogP contribution in [0.1, 0.15) is 25.3 Å². The number of hydrogen-bond acceptors (Lipinski definition) is 4. The first-order valence-corrected chi connectivity index (χ1v) is 7.27. The van der Waals surface area contributed by atoms with E-state index in [2.05, 4.69) is 17.4 Å². The van der Waals surface area contributed by atoms with E-state index < -0.39 is 0 Å². The predicted octanol–water partition coefficient (Wildman–Crippen LogP) is 2.59. The summed E-state index contributed by atoms with van der Waals surface area (Å²) in [5, 5.41) is 3.45. The van der Waals surface area contributed by atoms with Crippen molar-refractivity contribution in [3.8, 4) is 5.75 Å². The van der Waals surface area contributed by atoms with E-state index in [-0.39, 0.29) is 30.3 Å². The van der Waals surface area contributed by atoms with Crippen LogP contribution in [-0.2, 0) is 16.0 Å². The second-order valence-electron chi connectivity index (χ2n) is 5.11. The fraction of sp³-hybridized carbons (Fsp3) is 0.562. The van der Waals surface area contributed by atoms with Gasteiger partial charge in [0.15, 0.2) is 0 Å². The number of methoxy groups -OCH3 is 1. The minimum atomic E-state index is -0.0711. The first-order valence-electron chi connectivity index (χ1n) is 7.27. The minimum absolute atomic E-state index is 0. The Morgan fingerprint density at radius 3 is 2.67 bits per heavy atom. The Bertz CT molecular complexity index is 436. The first-order chi connectivity index (χ1) is 9.74. The summed E-state index contributed by atoms with van der Waals surface area (Å²) >= 11 is 0. The van der Waals surface area contributed by atoms with Gasteiger partial charge >= 0.3 is 5.97 Å². The number of rotatable bonds is 5. The van der Waals surface area contributed by atoms with Gasteiger partial charge < -0.3 is 14.8 Å². The molecule has 21 heavy (non-hydrogen) atoms. The van der Waals surface area contributed by atoms with Gasteiger partial charge in [-0.1, -0.05) is 12.1 Å². The molecule has 0 spiro atoms. The average Bonchev–Trinajstić information content (AvgIpc) is 2.49.